The first kappa shape index (κ1) is 26.4. The molecule has 2 unspecified atom stereocenters. The molecule has 0 heterocycles. The van der Waals surface area contributed by atoms with Crippen molar-refractivity contribution in [3.8, 4) is 11.5 Å². The Balaban J connectivity index is 1.34. The largest absolute Gasteiger partial charge is 0.595 e. The van der Waals surface area contributed by atoms with Crippen LogP contribution < -0.4 is 25.4 Å². The van der Waals surface area contributed by atoms with Gasteiger partial charge in [0.25, 0.3) is 5.91 Å². The summed E-state index contributed by atoms with van der Waals surface area (Å²) >= 11 is 0. The lowest BCUT2D eigenvalue weighted by atomic mass is 10.1. The Morgan fingerprint density at radius 1 is 0.842 bits per heavy atom. The number of nitrogens with one attached hydrogen (secondary N) is 3. The van der Waals surface area contributed by atoms with Crippen LogP contribution in [0.4, 0.5) is 11.4 Å². The van der Waals surface area contributed by atoms with E-state index in [4.69, 9.17) is 9.47 Å². The lowest BCUT2D eigenvalue weighted by molar-refractivity contribution is -0.996. The number of hydrogen-bond acceptors (Lipinski definition) is 9. The third kappa shape index (κ3) is 6.96. The first-order valence-electron chi connectivity index (χ1n) is 11.2. The molecular weight excluding hydrogens is 496 g/mol. The zero-order chi connectivity index (χ0) is 27.1. The average Bonchev–Trinajstić information content (AvgIpc) is 2.91. The van der Waals surface area contributed by atoms with Gasteiger partial charge in [-0.1, -0.05) is 42.5 Å². The number of quaternary nitrogens is 2. The molecule has 0 bridgehead atoms. The molecule has 0 aliphatic rings. The van der Waals surface area contributed by atoms with E-state index in [9.17, 15) is 30.4 Å². The number of hydrogen-bond donors (Lipinski definition) is 5. The lowest BCUT2D eigenvalue weighted by Crippen LogP contribution is -3.00. The van der Waals surface area contributed by atoms with Crippen LogP contribution in [0, 0.1) is 10.4 Å². The summed E-state index contributed by atoms with van der Waals surface area (Å²) in [5, 5.41) is 44.0. The number of fused-ring (bicyclic) bond motifs is 1. The standard InChI is InChI=1S/C26H22N4O8/c31-25(16-37-23-9-8-18-5-1-2-6-19(18)13-23)28-27-15-17-4-3-7-24(10-17)38-26(32)20-11-21(29(33)34)14-22(12-20)30(35)36/h1-15,29-30,33,35H,16H2,(H,28,31)/b27-15+. The Bertz CT molecular complexity index is 1460. The van der Waals surface area contributed by atoms with Gasteiger partial charge in [-0.2, -0.15) is 15.6 Å². The van der Waals surface area contributed by atoms with Gasteiger partial charge in [0.1, 0.15) is 11.5 Å². The van der Waals surface area contributed by atoms with Crippen LogP contribution >= 0.6 is 0 Å². The number of nitrogens with zero attached hydrogens (tertiary/aromatic N) is 1. The fraction of sp³-hybridized carbons (Fsp3) is 0.0385. The van der Waals surface area contributed by atoms with E-state index in [1.54, 1.807) is 18.2 Å². The van der Waals surface area contributed by atoms with Crippen LogP contribution in [-0.4, -0.2) is 35.1 Å². The Morgan fingerprint density at radius 2 is 1.55 bits per heavy atom. The van der Waals surface area contributed by atoms with Gasteiger partial charge in [0, 0.05) is 12.1 Å². The second kappa shape index (κ2) is 12.0. The molecule has 5 N–H and O–H groups in total. The van der Waals surface area contributed by atoms with E-state index < -0.39 is 22.3 Å². The molecule has 4 aromatic carbocycles. The minimum absolute atomic E-state index is 0.0996. The van der Waals surface area contributed by atoms with E-state index in [0.717, 1.165) is 29.0 Å². The molecule has 0 aliphatic carbocycles. The molecule has 0 saturated heterocycles. The predicted molar refractivity (Wildman–Crippen MR) is 135 cm³/mol. The van der Waals surface area contributed by atoms with Gasteiger partial charge in [-0.25, -0.2) is 20.6 Å². The van der Waals surface area contributed by atoms with Gasteiger partial charge >= 0.3 is 5.97 Å². The summed E-state index contributed by atoms with van der Waals surface area (Å²) < 4.78 is 10.8. The monoisotopic (exact) mass is 518 g/mol. The number of benzene rings is 4. The number of hydrazone groups is 1. The van der Waals surface area contributed by atoms with Gasteiger partial charge in [0.05, 0.1) is 17.8 Å². The SMILES string of the molecule is O=C(COc1ccc2ccccc2c1)N/N=C/c1cccc(OC(=O)c2cc([NH+]([O-])O)cc([NH+]([O-])O)c2)c1. The van der Waals surface area contributed by atoms with E-state index in [-0.39, 0.29) is 29.3 Å². The first-order chi connectivity index (χ1) is 18.3. The first-order valence-corrected chi connectivity index (χ1v) is 11.2. The van der Waals surface area contributed by atoms with Crippen LogP contribution in [0.5, 0.6) is 11.5 Å². The van der Waals surface area contributed by atoms with Crippen LogP contribution in [0.25, 0.3) is 10.8 Å². The summed E-state index contributed by atoms with van der Waals surface area (Å²) in [6, 6.07) is 22.4. The normalized spacial score (nSPS) is 12.7. The van der Waals surface area contributed by atoms with Gasteiger partial charge in [-0.3, -0.25) is 4.79 Å². The number of esters is 1. The second-order valence-corrected chi connectivity index (χ2v) is 7.96. The van der Waals surface area contributed by atoms with Crippen LogP contribution in [0.3, 0.4) is 0 Å². The molecule has 12 heteroatoms. The van der Waals surface area contributed by atoms with Gasteiger partial charge in [-0.15, -0.1) is 0 Å². The van der Waals surface area contributed by atoms with Crippen LogP contribution in [-0.2, 0) is 4.79 Å². The fourth-order valence-corrected chi connectivity index (χ4v) is 3.43. The number of carbonyl (C=O) groups is 2. The molecule has 0 radical (unpaired) electrons. The smallest absolute Gasteiger partial charge is 0.343 e. The minimum Gasteiger partial charge on any atom is -0.595 e. The van der Waals surface area contributed by atoms with Crippen LogP contribution in [0.15, 0.2) is 90.0 Å². The molecule has 4 aromatic rings. The van der Waals surface area contributed by atoms with Crippen molar-refractivity contribution < 1.29 is 39.9 Å². The van der Waals surface area contributed by atoms with Gasteiger partial charge in [0.2, 0.25) is 0 Å². The summed E-state index contributed by atoms with van der Waals surface area (Å²) in [6.45, 7) is -0.249. The molecule has 0 spiro atoms. The van der Waals surface area contributed by atoms with E-state index in [0.29, 0.717) is 11.3 Å². The van der Waals surface area contributed by atoms with Crippen molar-refractivity contribution in [3.63, 3.8) is 0 Å². The van der Waals surface area contributed by atoms with Crippen molar-refractivity contribution in [2.24, 2.45) is 5.10 Å². The third-order valence-corrected chi connectivity index (χ3v) is 5.22. The minimum atomic E-state index is -1.38. The van der Waals surface area contributed by atoms with E-state index in [1.165, 1.54) is 18.3 Å². The van der Waals surface area contributed by atoms with E-state index in [2.05, 4.69) is 10.5 Å². The predicted octanol–water partition coefficient (Wildman–Crippen LogP) is 1.39. The van der Waals surface area contributed by atoms with Gasteiger partial charge in [0.15, 0.2) is 18.0 Å². The molecular formula is C26H22N4O8. The van der Waals surface area contributed by atoms with Crippen LogP contribution in [0.1, 0.15) is 15.9 Å². The number of amides is 1. The summed E-state index contributed by atoms with van der Waals surface area (Å²) in [6.07, 6.45) is 1.33. The van der Waals surface area contributed by atoms with Crippen molar-refractivity contribution in [2.45, 2.75) is 0 Å². The molecule has 0 aliphatic heterocycles. The van der Waals surface area contributed by atoms with E-state index >= 15 is 0 Å². The topological polar surface area (TPSA) is 172 Å². The number of ether oxygens (including phenoxy) is 2. The Hall–Kier alpha value is -4.69. The maximum Gasteiger partial charge on any atom is 0.343 e. The van der Waals surface area contributed by atoms with Crippen molar-refractivity contribution in [2.75, 3.05) is 6.61 Å². The lowest BCUT2D eigenvalue weighted by Gasteiger charge is -2.16. The number of rotatable bonds is 9. The molecule has 2 atom stereocenters. The number of carbonyl (C=O) groups excluding carboxylic acids is 2. The molecule has 38 heavy (non-hydrogen) atoms. The molecule has 0 saturated carbocycles. The summed E-state index contributed by atoms with van der Waals surface area (Å²) in [4.78, 5) is 24.6. The Labute approximate surface area is 215 Å². The molecule has 0 aromatic heterocycles. The highest BCUT2D eigenvalue weighted by molar-refractivity contribution is 5.93. The highest BCUT2D eigenvalue weighted by Crippen LogP contribution is 2.21. The Morgan fingerprint density at radius 3 is 2.26 bits per heavy atom. The quantitative estimate of drug-likeness (QED) is 0.0957. The van der Waals surface area contributed by atoms with Crippen molar-refractivity contribution in [1.82, 2.24) is 5.43 Å². The molecule has 4 rings (SSSR count). The van der Waals surface area contributed by atoms with Crippen LogP contribution in [0.2, 0.25) is 0 Å². The molecule has 12 nitrogen and oxygen atoms in total. The highest BCUT2D eigenvalue weighted by Gasteiger charge is 2.17. The highest BCUT2D eigenvalue weighted by atomic mass is 16.8. The average molecular weight is 518 g/mol. The van der Waals surface area contributed by atoms with Crippen molar-refractivity contribution >= 4 is 40.2 Å². The second-order valence-electron chi connectivity index (χ2n) is 7.96. The zero-order valence-electron chi connectivity index (χ0n) is 19.7. The molecule has 0 fully saturated rings. The van der Waals surface area contributed by atoms with E-state index in [1.807, 2.05) is 36.4 Å². The third-order valence-electron chi connectivity index (χ3n) is 5.22. The Kier molecular flexibility index (Phi) is 8.35. The fourth-order valence-electron chi connectivity index (χ4n) is 3.43. The maximum atomic E-state index is 12.5. The summed E-state index contributed by atoms with van der Waals surface area (Å²) in [5.41, 5.74) is 1.87. The molecule has 1 amide bonds. The zero-order valence-corrected chi connectivity index (χ0v) is 19.7. The van der Waals surface area contributed by atoms with Gasteiger partial charge in [-0.05, 0) is 40.6 Å². The van der Waals surface area contributed by atoms with Gasteiger partial charge < -0.3 is 19.9 Å². The maximum absolute atomic E-state index is 12.5. The van der Waals surface area contributed by atoms with Crippen molar-refractivity contribution in [1.29, 1.82) is 0 Å². The summed E-state index contributed by atoms with van der Waals surface area (Å²) in [5.74, 6) is -0.780. The molecule has 194 valence electrons. The summed E-state index contributed by atoms with van der Waals surface area (Å²) in [7, 11) is 0. The van der Waals surface area contributed by atoms with Crippen molar-refractivity contribution in [3.05, 3.63) is 106 Å².